The molecule has 5 amide bonds. The van der Waals surface area contributed by atoms with E-state index in [2.05, 4.69) is 26.1 Å². The van der Waals surface area contributed by atoms with Gasteiger partial charge >= 0.3 is 0 Å². The third-order valence-corrected chi connectivity index (χ3v) is 10.6. The van der Waals surface area contributed by atoms with Gasteiger partial charge in [0.2, 0.25) is 29.6 Å². The largest absolute Gasteiger partial charge is 0.491 e. The number of hydrogen-bond acceptors (Lipinski definition) is 12. The second kappa shape index (κ2) is 18.4. The van der Waals surface area contributed by atoms with Crippen molar-refractivity contribution >= 4 is 63.5 Å². The molecule has 6 aromatic rings. The number of benzene rings is 2. The van der Waals surface area contributed by atoms with Gasteiger partial charge in [-0.25, -0.2) is 9.97 Å². The fraction of sp³-hybridized carbons (Fsp3) is 0.405. The second-order valence-electron chi connectivity index (χ2n) is 15.5. The second-order valence-corrected chi connectivity index (χ2v) is 15.5. The summed E-state index contributed by atoms with van der Waals surface area (Å²) < 4.78 is 19.3. The predicted molar refractivity (Wildman–Crippen MR) is 233 cm³/mol. The number of carbonyl (C=O) groups is 5. The molecule has 0 fully saturated rings. The lowest BCUT2D eigenvalue weighted by Gasteiger charge is -2.27. The van der Waals surface area contributed by atoms with Crippen LogP contribution >= 0.6 is 0 Å². The van der Waals surface area contributed by atoms with E-state index in [1.807, 2.05) is 44.3 Å². The first-order chi connectivity index (χ1) is 30.1. The average molecular weight is 865 g/mol. The van der Waals surface area contributed by atoms with Crippen molar-refractivity contribution in [3.05, 3.63) is 70.3 Å². The van der Waals surface area contributed by atoms with E-state index in [1.54, 1.807) is 45.1 Å². The van der Waals surface area contributed by atoms with Crippen LogP contribution < -0.4 is 36.9 Å². The monoisotopic (exact) mass is 864 g/mol. The Bertz CT molecular complexity index is 2740. The first-order valence-electron chi connectivity index (χ1n) is 20.7. The molecule has 332 valence electrons. The van der Waals surface area contributed by atoms with E-state index >= 15 is 0 Å². The number of nitrogens with one attached hydrogen (secondary N) is 3. The van der Waals surface area contributed by atoms with Crippen molar-refractivity contribution in [1.82, 2.24) is 48.9 Å². The minimum absolute atomic E-state index is 0.0209. The SMILES string of the molecule is CCn1nc(C)cc1C(=O)Nc1nc2cc(C(N)=O)cc(OCCC(=O)NCCN(C)C)c2n1CCC[C@H]1COc2cc(C(N)=O)cc3nc(NC(=O)c4cc(C)nn4CC)n1c23. The Balaban J connectivity index is 1.22. The Kier molecular flexibility index (Phi) is 12.8. The van der Waals surface area contributed by atoms with Gasteiger partial charge in [0.1, 0.15) is 40.5 Å². The van der Waals surface area contributed by atoms with E-state index in [0.29, 0.717) is 89.6 Å². The van der Waals surface area contributed by atoms with Gasteiger partial charge in [0.05, 0.1) is 41.5 Å². The molecule has 0 unspecified atom stereocenters. The molecule has 1 aliphatic rings. The normalized spacial score (nSPS) is 13.3. The maximum atomic E-state index is 13.8. The lowest BCUT2D eigenvalue weighted by molar-refractivity contribution is -0.121. The lowest BCUT2D eigenvalue weighted by atomic mass is 10.1. The van der Waals surface area contributed by atoms with Crippen LogP contribution in [0.2, 0.25) is 0 Å². The van der Waals surface area contributed by atoms with Crippen molar-refractivity contribution in [2.75, 3.05) is 51.0 Å². The average Bonchev–Trinajstić information content (AvgIpc) is 4.01. The molecular weight excluding hydrogens is 813 g/mol. The van der Waals surface area contributed by atoms with Gasteiger partial charge in [-0.05, 0) is 91.0 Å². The maximum absolute atomic E-state index is 13.8. The number of primary amides is 2. The van der Waals surface area contributed by atoms with E-state index in [4.69, 9.17) is 30.9 Å². The Labute approximate surface area is 362 Å². The summed E-state index contributed by atoms with van der Waals surface area (Å²) in [5, 5.41) is 17.6. The van der Waals surface area contributed by atoms with Crippen LogP contribution in [0.25, 0.3) is 22.1 Å². The number of likely N-dealkylation sites (N-methyl/N-ethyl adjacent to an activating group) is 1. The highest BCUT2D eigenvalue weighted by molar-refractivity contribution is 6.05. The highest BCUT2D eigenvalue weighted by Gasteiger charge is 2.30. The van der Waals surface area contributed by atoms with E-state index in [-0.39, 0.29) is 66.9 Å². The molecule has 21 heteroatoms. The van der Waals surface area contributed by atoms with Gasteiger partial charge in [-0.1, -0.05) is 0 Å². The minimum atomic E-state index is -0.713. The number of anilines is 2. The molecule has 63 heavy (non-hydrogen) atoms. The summed E-state index contributed by atoms with van der Waals surface area (Å²) in [4.78, 5) is 76.5. The third kappa shape index (κ3) is 9.32. The van der Waals surface area contributed by atoms with Gasteiger partial charge in [0, 0.05) is 43.9 Å². The van der Waals surface area contributed by atoms with Crippen molar-refractivity contribution in [1.29, 1.82) is 0 Å². The molecule has 7 rings (SSSR count). The fourth-order valence-electron chi connectivity index (χ4n) is 7.67. The number of carbonyl (C=O) groups excluding carboxylic acids is 5. The van der Waals surface area contributed by atoms with Crippen LogP contribution in [0, 0.1) is 13.8 Å². The molecule has 2 aromatic carbocycles. The Hall–Kier alpha value is -7.29. The Morgan fingerprint density at radius 3 is 2.02 bits per heavy atom. The molecule has 0 aliphatic carbocycles. The van der Waals surface area contributed by atoms with Crippen LogP contribution in [0.3, 0.4) is 0 Å². The van der Waals surface area contributed by atoms with Gasteiger partial charge in [-0.2, -0.15) is 10.2 Å². The number of amides is 5. The van der Waals surface area contributed by atoms with Crippen LogP contribution in [0.1, 0.15) is 92.2 Å². The molecule has 1 aliphatic heterocycles. The molecule has 5 heterocycles. The zero-order chi connectivity index (χ0) is 45.1. The highest BCUT2D eigenvalue weighted by atomic mass is 16.5. The van der Waals surface area contributed by atoms with Gasteiger partial charge < -0.3 is 40.3 Å². The summed E-state index contributed by atoms with van der Waals surface area (Å²) in [6.45, 7) is 9.86. The van der Waals surface area contributed by atoms with Crippen molar-refractivity contribution < 1.29 is 33.4 Å². The van der Waals surface area contributed by atoms with Crippen LogP contribution in [-0.4, -0.2) is 113 Å². The molecule has 21 nitrogen and oxygen atoms in total. The summed E-state index contributed by atoms with van der Waals surface area (Å²) in [6.07, 6.45) is 0.967. The topological polar surface area (TPSA) is 266 Å². The van der Waals surface area contributed by atoms with Crippen LogP contribution in [0.5, 0.6) is 11.5 Å². The molecular formula is C42H52N14O7. The van der Waals surface area contributed by atoms with Gasteiger partial charge in [0.25, 0.3) is 11.8 Å². The smallest absolute Gasteiger partial charge is 0.276 e. The van der Waals surface area contributed by atoms with Crippen LogP contribution in [0.4, 0.5) is 11.9 Å². The van der Waals surface area contributed by atoms with Crippen molar-refractivity contribution in [3.63, 3.8) is 0 Å². The predicted octanol–water partition coefficient (Wildman–Crippen LogP) is 3.00. The van der Waals surface area contributed by atoms with Crippen molar-refractivity contribution in [2.45, 2.75) is 72.6 Å². The summed E-state index contributed by atoms with van der Waals surface area (Å²) in [5.41, 5.74) is 15.6. The number of imidazole rings is 2. The number of nitrogens with zero attached hydrogens (tertiary/aromatic N) is 9. The molecule has 0 saturated carbocycles. The quantitative estimate of drug-likeness (QED) is 0.0787. The maximum Gasteiger partial charge on any atom is 0.276 e. The summed E-state index contributed by atoms with van der Waals surface area (Å²) in [7, 11) is 3.82. The lowest BCUT2D eigenvalue weighted by Crippen LogP contribution is -2.32. The van der Waals surface area contributed by atoms with Gasteiger partial charge in [0.15, 0.2) is 0 Å². The molecule has 0 bridgehead atoms. The molecule has 0 radical (unpaired) electrons. The summed E-state index contributed by atoms with van der Waals surface area (Å²) in [5.74, 6) is -1.37. The molecule has 0 spiro atoms. The van der Waals surface area contributed by atoms with E-state index in [0.717, 1.165) is 0 Å². The number of fused-ring (bicyclic) bond motifs is 1. The number of aromatic nitrogens is 8. The van der Waals surface area contributed by atoms with E-state index < -0.39 is 23.6 Å². The standard InChI is InChI=1S/C42H52N14O7/c1-7-54-30(16-23(3)50-54)39(60)48-41-46-28-18-25(37(43)58)20-32(62-15-11-34(57)45-12-14-52(5)6)35(28)53(41)13-9-10-27-22-63-33-21-26(38(44)59)19-29-36(33)56(27)42(47-29)49-40(61)31-17-24(4)51-55(31)8-2/h16-21,27H,7-15,22H2,1-6H3,(H2,43,58)(H2,44,59)(H,45,57)(H,46,48,60)(H,47,49,61)/t27-/m0/s1. The van der Waals surface area contributed by atoms with Gasteiger partial charge in [-0.3, -0.25) is 44.0 Å². The molecule has 7 N–H and O–H groups in total. The van der Waals surface area contributed by atoms with Crippen LogP contribution in [-0.2, 0) is 24.4 Å². The van der Waals surface area contributed by atoms with Crippen molar-refractivity contribution in [2.24, 2.45) is 11.5 Å². The molecule has 1 atom stereocenters. The zero-order valence-corrected chi connectivity index (χ0v) is 36.1. The summed E-state index contributed by atoms with van der Waals surface area (Å²) >= 11 is 0. The first kappa shape index (κ1) is 43.8. The molecule has 4 aromatic heterocycles. The number of hydrogen-bond donors (Lipinski definition) is 5. The number of rotatable bonds is 19. The summed E-state index contributed by atoms with van der Waals surface area (Å²) in [6, 6.07) is 9.17. The highest BCUT2D eigenvalue weighted by Crippen LogP contribution is 2.39. The Morgan fingerprint density at radius 1 is 0.825 bits per heavy atom. The van der Waals surface area contributed by atoms with E-state index in [9.17, 15) is 24.0 Å². The number of ether oxygens (including phenoxy) is 2. The minimum Gasteiger partial charge on any atom is -0.491 e. The van der Waals surface area contributed by atoms with E-state index in [1.165, 1.54) is 12.1 Å². The number of aryl methyl sites for hydroxylation is 5. The zero-order valence-electron chi connectivity index (χ0n) is 36.1. The van der Waals surface area contributed by atoms with Gasteiger partial charge in [-0.15, -0.1) is 0 Å². The van der Waals surface area contributed by atoms with Crippen molar-refractivity contribution in [3.8, 4) is 11.5 Å². The Morgan fingerprint density at radius 2 is 1.41 bits per heavy atom. The van der Waals surface area contributed by atoms with Crippen LogP contribution in [0.15, 0.2) is 36.4 Å². The number of nitrogens with two attached hydrogens (primary N) is 2. The molecule has 0 saturated heterocycles. The fourth-order valence-corrected chi connectivity index (χ4v) is 7.67. The third-order valence-electron chi connectivity index (χ3n) is 10.6. The first-order valence-corrected chi connectivity index (χ1v) is 20.7.